The van der Waals surface area contributed by atoms with Crippen molar-refractivity contribution < 1.29 is 33.8 Å². The van der Waals surface area contributed by atoms with E-state index in [-0.39, 0.29) is 57.3 Å². The summed E-state index contributed by atoms with van der Waals surface area (Å²) in [5.74, 6) is -3.25. The molecule has 0 aliphatic heterocycles. The van der Waals surface area contributed by atoms with Crippen molar-refractivity contribution in [1.29, 1.82) is 0 Å². The van der Waals surface area contributed by atoms with E-state index in [4.69, 9.17) is 9.47 Å². The first-order valence-electron chi connectivity index (χ1n) is 15.3. The first kappa shape index (κ1) is 36.9. The summed E-state index contributed by atoms with van der Waals surface area (Å²) >= 11 is 0. The van der Waals surface area contributed by atoms with Crippen LogP contribution in [-0.4, -0.2) is 65.2 Å². The molecule has 3 atom stereocenters. The highest BCUT2D eigenvalue weighted by Gasteiger charge is 2.29. The summed E-state index contributed by atoms with van der Waals surface area (Å²) in [5, 5.41) is 12.6. The number of nitrogens with one attached hydrogen (secondary N) is 1. The third-order valence-electron chi connectivity index (χ3n) is 6.90. The summed E-state index contributed by atoms with van der Waals surface area (Å²) in [6.07, 6.45) is 3.75. The van der Waals surface area contributed by atoms with E-state index in [9.17, 15) is 24.3 Å². The van der Waals surface area contributed by atoms with Crippen LogP contribution < -0.4 is 5.32 Å². The van der Waals surface area contributed by atoms with E-state index < -0.39 is 35.4 Å². The van der Waals surface area contributed by atoms with Crippen LogP contribution in [0, 0.1) is 11.8 Å². The number of carbonyl (C=O) groups excluding carboxylic acids is 4. The van der Waals surface area contributed by atoms with Gasteiger partial charge >= 0.3 is 11.9 Å². The Labute approximate surface area is 267 Å². The molecule has 0 aliphatic carbocycles. The standard InChI is InChI=1S/C36H48N2O7/c1-6-14-29(23-32(40)38(20-21-39)25-28-18-12-9-13-19-28)34(42)37-31(22-27-16-10-8-11-17-27)26-44-35(43)30(15-7-2)24-33(41)45-36(3,4)5/h6-13,16-19,29-31,39H,1-2,14-15,20-26H2,3-5H3,(H,37,42)/t29-,30-,31+/m1/s1. The van der Waals surface area contributed by atoms with Crippen LogP contribution in [-0.2, 0) is 41.6 Å². The van der Waals surface area contributed by atoms with Crippen molar-refractivity contribution in [2.45, 2.75) is 71.1 Å². The predicted molar refractivity (Wildman–Crippen MR) is 174 cm³/mol. The van der Waals surface area contributed by atoms with Gasteiger partial charge in [0.2, 0.25) is 11.8 Å². The SMILES string of the molecule is C=CC[C@H](CC(=O)N(CCO)Cc1ccccc1)C(=O)N[C@H](COC(=O)[C@H](CC=C)CC(=O)OC(C)(C)C)Cc1ccccc1. The quantitative estimate of drug-likeness (QED) is 0.171. The van der Waals surface area contributed by atoms with Crippen LogP contribution in [0.5, 0.6) is 0 Å². The molecular formula is C36H48N2O7. The van der Waals surface area contributed by atoms with Crippen LogP contribution in [0.2, 0.25) is 0 Å². The van der Waals surface area contributed by atoms with Gasteiger partial charge in [-0.25, -0.2) is 0 Å². The molecule has 2 N–H and O–H groups in total. The fourth-order valence-electron chi connectivity index (χ4n) is 4.76. The molecule has 0 aliphatic rings. The summed E-state index contributed by atoms with van der Waals surface area (Å²) in [5.41, 5.74) is 1.14. The molecule has 45 heavy (non-hydrogen) atoms. The smallest absolute Gasteiger partial charge is 0.309 e. The molecule has 0 aromatic heterocycles. The van der Waals surface area contributed by atoms with E-state index >= 15 is 0 Å². The van der Waals surface area contributed by atoms with Crippen LogP contribution in [0.4, 0.5) is 0 Å². The number of nitrogens with zero attached hydrogens (tertiary/aromatic N) is 1. The van der Waals surface area contributed by atoms with Crippen LogP contribution in [0.3, 0.4) is 0 Å². The predicted octanol–water partition coefficient (Wildman–Crippen LogP) is 4.78. The van der Waals surface area contributed by atoms with Crippen LogP contribution >= 0.6 is 0 Å². The summed E-state index contributed by atoms with van der Waals surface area (Å²) in [6, 6.07) is 18.3. The Balaban J connectivity index is 2.15. The zero-order valence-corrected chi connectivity index (χ0v) is 26.8. The van der Waals surface area contributed by atoms with Crippen molar-refractivity contribution in [3.63, 3.8) is 0 Å². The van der Waals surface area contributed by atoms with Gasteiger partial charge in [-0.3, -0.25) is 19.2 Å². The van der Waals surface area contributed by atoms with Crippen LogP contribution in [0.25, 0.3) is 0 Å². The zero-order chi connectivity index (χ0) is 33.2. The Bertz CT molecular complexity index is 1240. The van der Waals surface area contributed by atoms with Gasteiger partial charge in [0.05, 0.1) is 30.9 Å². The molecule has 2 aromatic rings. The lowest BCUT2D eigenvalue weighted by Gasteiger charge is -2.26. The minimum atomic E-state index is -0.779. The Hall–Kier alpha value is -4.24. The number of aliphatic hydroxyl groups is 1. The van der Waals surface area contributed by atoms with Crippen molar-refractivity contribution in [3.8, 4) is 0 Å². The average Bonchev–Trinajstić information content (AvgIpc) is 2.99. The normalized spacial score (nSPS) is 13.1. The summed E-state index contributed by atoms with van der Waals surface area (Å²) in [7, 11) is 0. The molecule has 0 saturated heterocycles. The molecule has 9 nitrogen and oxygen atoms in total. The van der Waals surface area contributed by atoms with E-state index in [0.29, 0.717) is 13.0 Å². The highest BCUT2D eigenvalue weighted by Crippen LogP contribution is 2.18. The number of hydrogen-bond acceptors (Lipinski definition) is 7. The number of carbonyl (C=O) groups is 4. The van der Waals surface area contributed by atoms with Crippen LogP contribution in [0.1, 0.15) is 57.6 Å². The molecule has 2 rings (SSSR count). The maximum absolute atomic E-state index is 13.6. The second kappa shape index (κ2) is 19.2. The number of allylic oxidation sites excluding steroid dienone is 2. The minimum Gasteiger partial charge on any atom is -0.463 e. The maximum atomic E-state index is 13.6. The van der Waals surface area contributed by atoms with Gasteiger partial charge in [0.1, 0.15) is 12.2 Å². The monoisotopic (exact) mass is 620 g/mol. The Morgan fingerprint density at radius 2 is 1.47 bits per heavy atom. The van der Waals surface area contributed by atoms with Crippen molar-refractivity contribution >= 4 is 23.8 Å². The average molecular weight is 621 g/mol. The molecular weight excluding hydrogens is 572 g/mol. The summed E-state index contributed by atoms with van der Waals surface area (Å²) in [4.78, 5) is 53.9. The number of hydrogen-bond donors (Lipinski definition) is 2. The second-order valence-electron chi connectivity index (χ2n) is 12.0. The third-order valence-corrected chi connectivity index (χ3v) is 6.90. The van der Waals surface area contributed by atoms with Gasteiger partial charge < -0.3 is 24.8 Å². The highest BCUT2D eigenvalue weighted by molar-refractivity contribution is 5.86. The van der Waals surface area contributed by atoms with Crippen LogP contribution in [0.15, 0.2) is 86.0 Å². The van der Waals surface area contributed by atoms with Gasteiger partial charge in [-0.15, -0.1) is 13.2 Å². The zero-order valence-electron chi connectivity index (χ0n) is 26.8. The Morgan fingerprint density at radius 3 is 2.02 bits per heavy atom. The van der Waals surface area contributed by atoms with Crippen molar-refractivity contribution in [2.75, 3.05) is 19.8 Å². The fraction of sp³-hybridized carbons (Fsp3) is 0.444. The third kappa shape index (κ3) is 14.4. The molecule has 2 aromatic carbocycles. The van der Waals surface area contributed by atoms with Gasteiger partial charge in [-0.2, -0.15) is 0 Å². The van der Waals surface area contributed by atoms with Crippen molar-refractivity contribution in [3.05, 3.63) is 97.1 Å². The van der Waals surface area contributed by atoms with E-state index in [2.05, 4.69) is 18.5 Å². The summed E-state index contributed by atoms with van der Waals surface area (Å²) in [6.45, 7) is 12.8. The molecule has 0 heterocycles. The van der Waals surface area contributed by atoms with Gasteiger partial charge in [0, 0.05) is 19.5 Å². The van der Waals surface area contributed by atoms with E-state index in [1.165, 1.54) is 4.90 Å². The number of ether oxygens (including phenoxy) is 2. The number of amides is 2. The van der Waals surface area contributed by atoms with Crippen molar-refractivity contribution in [1.82, 2.24) is 10.2 Å². The molecule has 0 spiro atoms. The van der Waals surface area contributed by atoms with E-state index in [1.807, 2.05) is 60.7 Å². The number of esters is 2. The van der Waals surface area contributed by atoms with E-state index in [1.54, 1.807) is 32.9 Å². The molecule has 9 heteroatoms. The number of benzene rings is 2. The van der Waals surface area contributed by atoms with E-state index in [0.717, 1.165) is 11.1 Å². The van der Waals surface area contributed by atoms with Gasteiger partial charge in [-0.05, 0) is 51.2 Å². The van der Waals surface area contributed by atoms with Crippen molar-refractivity contribution in [2.24, 2.45) is 11.8 Å². The largest absolute Gasteiger partial charge is 0.463 e. The molecule has 0 fully saturated rings. The molecule has 2 amide bonds. The first-order chi connectivity index (χ1) is 21.4. The molecule has 0 saturated carbocycles. The topological polar surface area (TPSA) is 122 Å². The number of rotatable bonds is 19. The second-order valence-corrected chi connectivity index (χ2v) is 12.0. The molecule has 0 radical (unpaired) electrons. The molecule has 0 bridgehead atoms. The fourth-order valence-corrected chi connectivity index (χ4v) is 4.76. The first-order valence-corrected chi connectivity index (χ1v) is 15.3. The lowest BCUT2D eigenvalue weighted by atomic mass is 9.97. The van der Waals surface area contributed by atoms with Gasteiger partial charge in [0.25, 0.3) is 0 Å². The highest BCUT2D eigenvalue weighted by atomic mass is 16.6. The lowest BCUT2D eigenvalue weighted by Crippen LogP contribution is -2.45. The maximum Gasteiger partial charge on any atom is 0.309 e. The molecule has 244 valence electrons. The summed E-state index contributed by atoms with van der Waals surface area (Å²) < 4.78 is 11.0. The lowest BCUT2D eigenvalue weighted by molar-refractivity contribution is -0.161. The number of aliphatic hydroxyl groups excluding tert-OH is 1. The Kier molecular flexibility index (Phi) is 15.8. The molecule has 0 unspecified atom stereocenters. The Morgan fingerprint density at radius 1 is 0.889 bits per heavy atom. The minimum absolute atomic E-state index is 0.0835. The van der Waals surface area contributed by atoms with Gasteiger partial charge in [0.15, 0.2) is 0 Å². The van der Waals surface area contributed by atoms with Gasteiger partial charge in [-0.1, -0.05) is 72.8 Å².